The summed E-state index contributed by atoms with van der Waals surface area (Å²) in [6, 6.07) is 16.8. The molecule has 1 heterocycles. The molecule has 20 heavy (non-hydrogen) atoms. The van der Waals surface area contributed by atoms with Gasteiger partial charge in [0.2, 0.25) is 0 Å². The number of nitrogens with one attached hydrogen (secondary N) is 1. The summed E-state index contributed by atoms with van der Waals surface area (Å²) >= 11 is 0. The van der Waals surface area contributed by atoms with Crippen LogP contribution in [-0.4, -0.2) is 12.8 Å². The lowest BCUT2D eigenvalue weighted by Gasteiger charge is -2.19. The Kier molecular flexibility index (Phi) is 2.97. The van der Waals surface area contributed by atoms with E-state index in [0.717, 1.165) is 22.1 Å². The second-order valence-electron chi connectivity index (χ2n) is 6.36. The standard InChI is InChI=1S/C18H18BN/c1-18(2,3)14-6-4-5-12(9-14)17-11-13-10-15(19)7-8-16(13)20-17/h4-11,20H,1-3H3. The molecule has 0 aliphatic heterocycles. The van der Waals surface area contributed by atoms with Gasteiger partial charge in [-0.2, -0.15) is 0 Å². The van der Waals surface area contributed by atoms with E-state index in [2.05, 4.69) is 56.1 Å². The van der Waals surface area contributed by atoms with Crippen molar-refractivity contribution in [3.05, 3.63) is 54.1 Å². The average Bonchev–Trinajstić information content (AvgIpc) is 2.81. The van der Waals surface area contributed by atoms with Crippen molar-refractivity contribution >= 4 is 24.2 Å². The molecule has 1 N–H and O–H groups in total. The van der Waals surface area contributed by atoms with Gasteiger partial charge in [0.25, 0.3) is 0 Å². The van der Waals surface area contributed by atoms with E-state index in [-0.39, 0.29) is 5.41 Å². The third-order valence-corrected chi connectivity index (χ3v) is 3.68. The number of hydrogen-bond acceptors (Lipinski definition) is 0. The predicted octanol–water partition coefficient (Wildman–Crippen LogP) is 3.93. The second-order valence-corrected chi connectivity index (χ2v) is 6.36. The van der Waals surface area contributed by atoms with E-state index in [1.54, 1.807) is 0 Å². The summed E-state index contributed by atoms with van der Waals surface area (Å²) in [5, 5.41) is 1.15. The van der Waals surface area contributed by atoms with E-state index in [0.29, 0.717) is 0 Å². The van der Waals surface area contributed by atoms with Gasteiger partial charge in [-0.3, -0.25) is 0 Å². The molecule has 0 aliphatic carbocycles. The van der Waals surface area contributed by atoms with E-state index >= 15 is 0 Å². The first-order valence-corrected chi connectivity index (χ1v) is 6.93. The van der Waals surface area contributed by atoms with Crippen molar-refractivity contribution in [2.45, 2.75) is 26.2 Å². The molecule has 1 aromatic heterocycles. The number of aromatic amines is 1. The van der Waals surface area contributed by atoms with Crippen LogP contribution >= 0.6 is 0 Å². The quantitative estimate of drug-likeness (QED) is 0.637. The van der Waals surface area contributed by atoms with Crippen LogP contribution in [0.15, 0.2) is 48.5 Å². The van der Waals surface area contributed by atoms with Crippen molar-refractivity contribution in [2.75, 3.05) is 0 Å². The fourth-order valence-electron chi connectivity index (χ4n) is 2.46. The molecule has 0 aliphatic rings. The molecule has 0 atom stereocenters. The SMILES string of the molecule is [B]c1ccc2[nH]c(-c3cccc(C(C)(C)C)c3)cc2c1. The molecule has 1 nitrogen and oxygen atoms in total. The number of benzene rings is 2. The zero-order valence-electron chi connectivity index (χ0n) is 12.2. The third kappa shape index (κ3) is 2.38. The highest BCUT2D eigenvalue weighted by molar-refractivity contribution is 6.33. The highest BCUT2D eigenvalue weighted by atomic mass is 14.7. The topological polar surface area (TPSA) is 15.8 Å². The number of H-pyrrole nitrogens is 1. The van der Waals surface area contributed by atoms with Crippen LogP contribution in [0.5, 0.6) is 0 Å². The Bertz CT molecular complexity index is 762. The fourth-order valence-corrected chi connectivity index (χ4v) is 2.46. The van der Waals surface area contributed by atoms with E-state index in [9.17, 15) is 0 Å². The zero-order chi connectivity index (χ0) is 14.3. The predicted molar refractivity (Wildman–Crippen MR) is 87.8 cm³/mol. The van der Waals surface area contributed by atoms with Crippen LogP contribution in [0.1, 0.15) is 26.3 Å². The van der Waals surface area contributed by atoms with E-state index in [4.69, 9.17) is 7.85 Å². The number of fused-ring (bicyclic) bond motifs is 1. The maximum Gasteiger partial charge on any atom is 0.113 e. The maximum absolute atomic E-state index is 5.84. The molecule has 0 saturated heterocycles. The van der Waals surface area contributed by atoms with Gasteiger partial charge in [0.05, 0.1) is 0 Å². The van der Waals surface area contributed by atoms with Crippen LogP contribution in [0.2, 0.25) is 0 Å². The second kappa shape index (κ2) is 4.55. The van der Waals surface area contributed by atoms with Gasteiger partial charge < -0.3 is 4.98 Å². The molecule has 2 aromatic carbocycles. The van der Waals surface area contributed by atoms with Gasteiger partial charge in [-0.15, -0.1) is 0 Å². The van der Waals surface area contributed by atoms with Crippen molar-refractivity contribution in [1.29, 1.82) is 0 Å². The van der Waals surface area contributed by atoms with Crippen LogP contribution in [0.25, 0.3) is 22.2 Å². The molecule has 0 amide bonds. The van der Waals surface area contributed by atoms with E-state index in [1.807, 2.05) is 18.2 Å². The summed E-state index contributed by atoms with van der Waals surface area (Å²) in [5.41, 5.74) is 5.77. The Hall–Kier alpha value is -1.96. The van der Waals surface area contributed by atoms with Crippen LogP contribution in [0.3, 0.4) is 0 Å². The molecular weight excluding hydrogens is 241 g/mol. The molecule has 0 saturated carbocycles. The largest absolute Gasteiger partial charge is 0.355 e. The fraction of sp³-hybridized carbons (Fsp3) is 0.222. The summed E-state index contributed by atoms with van der Waals surface area (Å²) in [5.74, 6) is 0. The van der Waals surface area contributed by atoms with Crippen molar-refractivity contribution in [3.8, 4) is 11.3 Å². The first-order valence-electron chi connectivity index (χ1n) is 6.93. The Morgan fingerprint density at radius 2 is 1.75 bits per heavy atom. The Labute approximate surface area is 121 Å². The molecule has 0 unspecified atom stereocenters. The Morgan fingerprint density at radius 3 is 2.50 bits per heavy atom. The van der Waals surface area contributed by atoms with Gasteiger partial charge >= 0.3 is 0 Å². The maximum atomic E-state index is 5.84. The van der Waals surface area contributed by atoms with Gasteiger partial charge in [0.15, 0.2) is 0 Å². The van der Waals surface area contributed by atoms with Crippen LogP contribution in [0, 0.1) is 0 Å². The average molecular weight is 259 g/mol. The zero-order valence-corrected chi connectivity index (χ0v) is 12.2. The van der Waals surface area contributed by atoms with Gasteiger partial charge in [-0.25, -0.2) is 0 Å². The Balaban J connectivity index is 2.11. The lowest BCUT2D eigenvalue weighted by molar-refractivity contribution is 0.590. The summed E-state index contributed by atoms with van der Waals surface area (Å²) in [7, 11) is 5.84. The van der Waals surface area contributed by atoms with Crippen LogP contribution in [0.4, 0.5) is 0 Å². The van der Waals surface area contributed by atoms with E-state index < -0.39 is 0 Å². The highest BCUT2D eigenvalue weighted by Gasteiger charge is 2.14. The first-order chi connectivity index (χ1) is 9.43. The van der Waals surface area contributed by atoms with Gasteiger partial charge in [-0.1, -0.05) is 56.6 Å². The molecule has 2 heteroatoms. The molecule has 0 fully saturated rings. The normalized spacial score (nSPS) is 11.9. The molecule has 3 aromatic rings. The summed E-state index contributed by atoms with van der Waals surface area (Å²) < 4.78 is 0. The van der Waals surface area contributed by atoms with Crippen molar-refractivity contribution in [3.63, 3.8) is 0 Å². The van der Waals surface area contributed by atoms with Crippen molar-refractivity contribution < 1.29 is 0 Å². The minimum Gasteiger partial charge on any atom is -0.355 e. The Morgan fingerprint density at radius 1 is 0.950 bits per heavy atom. The number of rotatable bonds is 1. The lowest BCUT2D eigenvalue weighted by Crippen LogP contribution is -2.10. The highest BCUT2D eigenvalue weighted by Crippen LogP contribution is 2.28. The first kappa shape index (κ1) is 13.0. The van der Waals surface area contributed by atoms with Crippen LogP contribution in [-0.2, 0) is 5.41 Å². The minimum atomic E-state index is 0.159. The van der Waals surface area contributed by atoms with Gasteiger partial charge in [-0.05, 0) is 40.1 Å². The molecular formula is C18H18BN. The van der Waals surface area contributed by atoms with E-state index in [1.165, 1.54) is 11.1 Å². The van der Waals surface area contributed by atoms with Crippen molar-refractivity contribution in [2.24, 2.45) is 0 Å². The molecule has 98 valence electrons. The smallest absolute Gasteiger partial charge is 0.113 e. The van der Waals surface area contributed by atoms with Gasteiger partial charge in [0.1, 0.15) is 7.85 Å². The third-order valence-electron chi connectivity index (χ3n) is 3.68. The minimum absolute atomic E-state index is 0.159. The molecule has 2 radical (unpaired) electrons. The summed E-state index contributed by atoms with van der Waals surface area (Å²) in [6.07, 6.45) is 0. The molecule has 0 spiro atoms. The number of aromatic nitrogens is 1. The monoisotopic (exact) mass is 259 g/mol. The molecule has 3 rings (SSSR count). The van der Waals surface area contributed by atoms with Gasteiger partial charge in [0, 0.05) is 11.2 Å². The van der Waals surface area contributed by atoms with Crippen molar-refractivity contribution in [1.82, 2.24) is 4.98 Å². The summed E-state index contributed by atoms with van der Waals surface area (Å²) in [4.78, 5) is 3.46. The molecule has 0 bridgehead atoms. The van der Waals surface area contributed by atoms with Crippen LogP contribution < -0.4 is 5.46 Å². The number of hydrogen-bond donors (Lipinski definition) is 1. The summed E-state index contributed by atoms with van der Waals surface area (Å²) in [6.45, 7) is 6.70. The lowest BCUT2D eigenvalue weighted by atomic mass is 9.86.